The van der Waals surface area contributed by atoms with Crippen LogP contribution in [0.1, 0.15) is 19.8 Å². The maximum atomic E-state index is 3.44. The first-order valence-electron chi connectivity index (χ1n) is 4.25. The predicted octanol–water partition coefficient (Wildman–Crippen LogP) is 0.690. The van der Waals surface area contributed by atoms with Crippen LogP contribution in [0.5, 0.6) is 0 Å². The average molecular weight is 142 g/mol. The number of likely N-dealkylation sites (N-methyl/N-ethyl adjacent to an activating group) is 1. The highest BCUT2D eigenvalue weighted by atomic mass is 15.2. The summed E-state index contributed by atoms with van der Waals surface area (Å²) in [5, 5.41) is 3.44. The zero-order valence-electron chi connectivity index (χ0n) is 7.06. The Balaban J connectivity index is 2.35. The van der Waals surface area contributed by atoms with Gasteiger partial charge in [0.25, 0.3) is 0 Å². The Hall–Kier alpha value is -0.0800. The van der Waals surface area contributed by atoms with Crippen molar-refractivity contribution in [1.82, 2.24) is 10.2 Å². The standard InChI is InChI=1S/C8H18N2/c1-3-8-7-9-5-4-6-10(8)2/h8-9H,3-7H2,1-2H3/t8-/m1/s1. The number of hydrogen-bond donors (Lipinski definition) is 1. The molecule has 0 aliphatic carbocycles. The largest absolute Gasteiger partial charge is 0.315 e. The normalized spacial score (nSPS) is 30.0. The smallest absolute Gasteiger partial charge is 0.0214 e. The summed E-state index contributed by atoms with van der Waals surface area (Å²) in [6.07, 6.45) is 2.57. The average Bonchev–Trinajstić information content (AvgIpc) is 2.13. The van der Waals surface area contributed by atoms with Gasteiger partial charge in [-0.15, -0.1) is 0 Å². The highest BCUT2D eigenvalue weighted by Gasteiger charge is 2.13. The van der Waals surface area contributed by atoms with Gasteiger partial charge in [0.05, 0.1) is 0 Å². The molecule has 2 nitrogen and oxygen atoms in total. The molecule has 1 atom stereocenters. The van der Waals surface area contributed by atoms with E-state index in [1.807, 2.05) is 0 Å². The molecule has 10 heavy (non-hydrogen) atoms. The fourth-order valence-electron chi connectivity index (χ4n) is 1.52. The van der Waals surface area contributed by atoms with Crippen LogP contribution < -0.4 is 5.32 Å². The van der Waals surface area contributed by atoms with E-state index >= 15 is 0 Å². The minimum absolute atomic E-state index is 0.766. The highest BCUT2D eigenvalue weighted by molar-refractivity contribution is 4.73. The van der Waals surface area contributed by atoms with Crippen molar-refractivity contribution in [2.45, 2.75) is 25.8 Å². The van der Waals surface area contributed by atoms with Crippen LogP contribution in [0.15, 0.2) is 0 Å². The summed E-state index contributed by atoms with van der Waals surface area (Å²) >= 11 is 0. The Morgan fingerprint density at radius 2 is 2.40 bits per heavy atom. The number of nitrogens with one attached hydrogen (secondary N) is 1. The van der Waals surface area contributed by atoms with Crippen LogP contribution in [0, 0.1) is 0 Å². The molecule has 0 unspecified atom stereocenters. The first kappa shape index (κ1) is 8.02. The molecule has 0 radical (unpaired) electrons. The minimum atomic E-state index is 0.766. The van der Waals surface area contributed by atoms with Gasteiger partial charge < -0.3 is 10.2 Å². The topological polar surface area (TPSA) is 15.3 Å². The third-order valence-corrected chi connectivity index (χ3v) is 2.34. The van der Waals surface area contributed by atoms with E-state index in [4.69, 9.17) is 0 Å². The van der Waals surface area contributed by atoms with Gasteiger partial charge in [-0.2, -0.15) is 0 Å². The lowest BCUT2D eigenvalue weighted by molar-refractivity contribution is 0.251. The predicted molar refractivity (Wildman–Crippen MR) is 44.2 cm³/mol. The van der Waals surface area contributed by atoms with Crippen LogP contribution in [-0.4, -0.2) is 37.6 Å². The molecular formula is C8H18N2. The third kappa shape index (κ3) is 1.96. The van der Waals surface area contributed by atoms with E-state index in [-0.39, 0.29) is 0 Å². The van der Waals surface area contributed by atoms with Crippen molar-refractivity contribution < 1.29 is 0 Å². The molecule has 0 aromatic heterocycles. The maximum absolute atomic E-state index is 3.44. The Morgan fingerprint density at radius 3 is 3.10 bits per heavy atom. The molecule has 1 heterocycles. The summed E-state index contributed by atoms with van der Waals surface area (Å²) in [6, 6.07) is 0.766. The molecule has 0 bridgehead atoms. The van der Waals surface area contributed by atoms with Crippen LogP contribution in [0.3, 0.4) is 0 Å². The van der Waals surface area contributed by atoms with Crippen molar-refractivity contribution in [3.8, 4) is 0 Å². The molecule has 0 spiro atoms. The summed E-state index contributed by atoms with van der Waals surface area (Å²) in [6.45, 7) is 5.88. The van der Waals surface area contributed by atoms with Crippen molar-refractivity contribution in [2.24, 2.45) is 0 Å². The second kappa shape index (κ2) is 3.94. The lowest BCUT2D eigenvalue weighted by atomic mass is 10.2. The monoisotopic (exact) mass is 142 g/mol. The molecule has 60 valence electrons. The molecule has 0 aromatic carbocycles. The quantitative estimate of drug-likeness (QED) is 0.579. The molecule has 1 saturated heterocycles. The van der Waals surface area contributed by atoms with E-state index in [1.54, 1.807) is 0 Å². The van der Waals surface area contributed by atoms with Gasteiger partial charge in [0, 0.05) is 12.6 Å². The van der Waals surface area contributed by atoms with Gasteiger partial charge in [-0.1, -0.05) is 6.92 Å². The molecule has 0 saturated carbocycles. The zero-order chi connectivity index (χ0) is 7.40. The van der Waals surface area contributed by atoms with E-state index in [1.165, 1.54) is 32.5 Å². The van der Waals surface area contributed by atoms with E-state index in [0.717, 1.165) is 6.04 Å². The fraction of sp³-hybridized carbons (Fsp3) is 1.00. The maximum Gasteiger partial charge on any atom is 0.0214 e. The van der Waals surface area contributed by atoms with Crippen molar-refractivity contribution in [1.29, 1.82) is 0 Å². The van der Waals surface area contributed by atoms with Gasteiger partial charge in [0.1, 0.15) is 0 Å². The SMILES string of the molecule is CC[C@@H]1CNCCCN1C. The van der Waals surface area contributed by atoms with Crippen LogP contribution in [0.25, 0.3) is 0 Å². The summed E-state index contributed by atoms with van der Waals surface area (Å²) in [5.74, 6) is 0. The van der Waals surface area contributed by atoms with E-state index in [2.05, 4.69) is 24.2 Å². The summed E-state index contributed by atoms with van der Waals surface area (Å²) in [4.78, 5) is 2.46. The second-order valence-corrected chi connectivity index (χ2v) is 3.10. The van der Waals surface area contributed by atoms with Gasteiger partial charge >= 0.3 is 0 Å². The molecular weight excluding hydrogens is 124 g/mol. The summed E-state index contributed by atoms with van der Waals surface area (Å²) in [5.41, 5.74) is 0. The highest BCUT2D eigenvalue weighted by Crippen LogP contribution is 2.03. The molecule has 0 aromatic rings. The zero-order valence-corrected chi connectivity index (χ0v) is 7.06. The van der Waals surface area contributed by atoms with Crippen molar-refractivity contribution in [2.75, 3.05) is 26.7 Å². The van der Waals surface area contributed by atoms with Gasteiger partial charge in [-0.3, -0.25) is 0 Å². The summed E-state index contributed by atoms with van der Waals surface area (Å²) < 4.78 is 0. The Labute approximate surface area is 63.6 Å². The van der Waals surface area contributed by atoms with Gasteiger partial charge in [-0.25, -0.2) is 0 Å². The van der Waals surface area contributed by atoms with Gasteiger partial charge in [0.2, 0.25) is 0 Å². The molecule has 1 rings (SSSR count). The number of nitrogens with zero attached hydrogens (tertiary/aromatic N) is 1. The second-order valence-electron chi connectivity index (χ2n) is 3.10. The van der Waals surface area contributed by atoms with Crippen LogP contribution in [-0.2, 0) is 0 Å². The van der Waals surface area contributed by atoms with Crippen LogP contribution in [0.2, 0.25) is 0 Å². The number of hydrogen-bond acceptors (Lipinski definition) is 2. The minimum Gasteiger partial charge on any atom is -0.315 e. The van der Waals surface area contributed by atoms with Crippen molar-refractivity contribution >= 4 is 0 Å². The van der Waals surface area contributed by atoms with E-state index in [0.29, 0.717) is 0 Å². The third-order valence-electron chi connectivity index (χ3n) is 2.34. The Bertz CT molecular complexity index is 93.3. The Morgan fingerprint density at radius 1 is 1.60 bits per heavy atom. The van der Waals surface area contributed by atoms with E-state index < -0.39 is 0 Å². The molecule has 1 N–H and O–H groups in total. The molecule has 1 aliphatic heterocycles. The molecule has 1 fully saturated rings. The molecule has 2 heteroatoms. The first-order chi connectivity index (χ1) is 4.84. The molecule has 1 aliphatic rings. The van der Waals surface area contributed by atoms with Crippen molar-refractivity contribution in [3.05, 3.63) is 0 Å². The van der Waals surface area contributed by atoms with Gasteiger partial charge in [0.15, 0.2) is 0 Å². The first-order valence-corrected chi connectivity index (χ1v) is 4.25. The number of rotatable bonds is 1. The van der Waals surface area contributed by atoms with E-state index in [9.17, 15) is 0 Å². The Kier molecular flexibility index (Phi) is 3.16. The lowest BCUT2D eigenvalue weighted by Crippen LogP contribution is -2.36. The van der Waals surface area contributed by atoms with Crippen LogP contribution in [0.4, 0.5) is 0 Å². The van der Waals surface area contributed by atoms with Crippen molar-refractivity contribution in [3.63, 3.8) is 0 Å². The van der Waals surface area contributed by atoms with Gasteiger partial charge in [-0.05, 0) is 33.0 Å². The summed E-state index contributed by atoms with van der Waals surface area (Å²) in [7, 11) is 2.22. The molecule has 0 amide bonds. The lowest BCUT2D eigenvalue weighted by Gasteiger charge is -2.23. The van der Waals surface area contributed by atoms with Crippen LogP contribution >= 0.6 is 0 Å². The fourth-order valence-corrected chi connectivity index (χ4v) is 1.52.